The highest BCUT2D eigenvalue weighted by molar-refractivity contribution is 7.80. The summed E-state index contributed by atoms with van der Waals surface area (Å²) in [6, 6.07) is 9.31. The predicted octanol–water partition coefficient (Wildman–Crippen LogP) is 5.29. The fourth-order valence-electron chi connectivity index (χ4n) is 4.82. The van der Waals surface area contributed by atoms with Gasteiger partial charge < -0.3 is 20.4 Å². The van der Waals surface area contributed by atoms with Crippen LogP contribution < -0.4 is 20.4 Å². The third kappa shape index (κ3) is 7.01. The fraction of sp³-hybridized carbons (Fsp3) is 0.577. The summed E-state index contributed by atoms with van der Waals surface area (Å²) in [5, 5.41) is 7.03. The van der Waals surface area contributed by atoms with Gasteiger partial charge in [-0.2, -0.15) is 9.97 Å². The number of nitrogens with one attached hydrogen (secondary N) is 2. The van der Waals surface area contributed by atoms with Crippen LogP contribution in [-0.2, 0) is 6.42 Å². The maximum absolute atomic E-state index is 13.1. The number of piperidine rings is 1. The Labute approximate surface area is 208 Å². The molecule has 0 spiro atoms. The average Bonchev–Trinajstić information content (AvgIpc) is 3.13. The molecule has 2 fully saturated rings. The van der Waals surface area contributed by atoms with Crippen molar-refractivity contribution in [3.8, 4) is 0 Å². The molecular formula is C26H37FN6S. The van der Waals surface area contributed by atoms with Crippen molar-refractivity contribution >= 4 is 34.9 Å². The van der Waals surface area contributed by atoms with Gasteiger partial charge in [0.15, 0.2) is 5.11 Å². The quantitative estimate of drug-likeness (QED) is 0.409. The smallest absolute Gasteiger partial charge is 0.232 e. The van der Waals surface area contributed by atoms with E-state index < -0.39 is 0 Å². The van der Waals surface area contributed by atoms with Gasteiger partial charge in [-0.05, 0) is 81.8 Å². The lowest BCUT2D eigenvalue weighted by atomic mass is 10.0. The highest BCUT2D eigenvalue weighted by Crippen LogP contribution is 2.28. The van der Waals surface area contributed by atoms with E-state index in [2.05, 4.69) is 33.4 Å². The van der Waals surface area contributed by atoms with Crippen molar-refractivity contribution in [2.24, 2.45) is 0 Å². The van der Waals surface area contributed by atoms with E-state index in [4.69, 9.17) is 22.2 Å². The molecule has 2 aromatic rings. The first-order chi connectivity index (χ1) is 16.6. The molecule has 2 aliphatic rings. The van der Waals surface area contributed by atoms with Crippen LogP contribution in [0.3, 0.4) is 0 Å². The Morgan fingerprint density at radius 1 is 1.00 bits per heavy atom. The van der Waals surface area contributed by atoms with Crippen LogP contribution in [0.1, 0.15) is 63.9 Å². The second kappa shape index (κ2) is 12.3. The monoisotopic (exact) mass is 484 g/mol. The van der Waals surface area contributed by atoms with Gasteiger partial charge in [0.2, 0.25) is 5.95 Å². The van der Waals surface area contributed by atoms with E-state index in [1.807, 2.05) is 12.1 Å². The molecule has 1 aromatic heterocycles. The van der Waals surface area contributed by atoms with Crippen LogP contribution in [0.25, 0.3) is 0 Å². The Morgan fingerprint density at radius 2 is 1.71 bits per heavy atom. The van der Waals surface area contributed by atoms with Crippen LogP contribution in [0.2, 0.25) is 0 Å². The topological polar surface area (TPSA) is 56.3 Å². The van der Waals surface area contributed by atoms with Gasteiger partial charge in [-0.3, -0.25) is 0 Å². The molecule has 184 valence electrons. The molecule has 34 heavy (non-hydrogen) atoms. The molecule has 1 aromatic carbocycles. The third-order valence-corrected chi connectivity index (χ3v) is 7.04. The minimum atomic E-state index is -0.201. The lowest BCUT2D eigenvalue weighted by Crippen LogP contribution is -2.38. The molecule has 2 N–H and O–H groups in total. The summed E-state index contributed by atoms with van der Waals surface area (Å²) in [6.07, 6.45) is 10.4. The first-order valence-electron chi connectivity index (χ1n) is 12.8. The number of halogens is 1. The molecular weight excluding hydrogens is 447 g/mol. The van der Waals surface area contributed by atoms with Crippen molar-refractivity contribution in [2.45, 2.75) is 70.8 Å². The van der Waals surface area contributed by atoms with Gasteiger partial charge in [-0.25, -0.2) is 4.39 Å². The number of aromatic nitrogens is 2. The zero-order valence-corrected chi connectivity index (χ0v) is 21.0. The van der Waals surface area contributed by atoms with Gasteiger partial charge in [-0.15, -0.1) is 0 Å². The first kappa shape index (κ1) is 24.6. The molecule has 0 amide bonds. The van der Waals surface area contributed by atoms with Crippen LogP contribution in [0.5, 0.6) is 0 Å². The zero-order chi connectivity index (χ0) is 23.8. The van der Waals surface area contributed by atoms with Gasteiger partial charge in [0.1, 0.15) is 17.5 Å². The van der Waals surface area contributed by atoms with Crippen molar-refractivity contribution in [3.05, 3.63) is 41.7 Å². The summed E-state index contributed by atoms with van der Waals surface area (Å²) in [5.74, 6) is 2.34. The maximum Gasteiger partial charge on any atom is 0.232 e. The van der Waals surface area contributed by atoms with E-state index in [1.165, 1.54) is 57.1 Å². The molecule has 2 aliphatic heterocycles. The minimum absolute atomic E-state index is 0.201. The molecule has 8 heteroatoms. The van der Waals surface area contributed by atoms with Crippen LogP contribution in [-0.4, -0.2) is 47.3 Å². The number of aryl methyl sites for hydroxylation is 1. The van der Waals surface area contributed by atoms with E-state index in [1.54, 1.807) is 0 Å². The van der Waals surface area contributed by atoms with E-state index in [0.29, 0.717) is 17.1 Å². The van der Waals surface area contributed by atoms with E-state index in [9.17, 15) is 4.39 Å². The summed E-state index contributed by atoms with van der Waals surface area (Å²) < 4.78 is 13.1. The van der Waals surface area contributed by atoms with Crippen LogP contribution in [0.15, 0.2) is 30.3 Å². The third-order valence-electron chi connectivity index (χ3n) is 6.79. The highest BCUT2D eigenvalue weighted by atomic mass is 32.1. The van der Waals surface area contributed by atoms with Gasteiger partial charge in [0, 0.05) is 38.3 Å². The lowest BCUT2D eigenvalue weighted by Gasteiger charge is -2.35. The zero-order valence-electron chi connectivity index (χ0n) is 20.2. The molecule has 2 saturated heterocycles. The van der Waals surface area contributed by atoms with E-state index >= 15 is 0 Å². The molecule has 0 bridgehead atoms. The van der Waals surface area contributed by atoms with E-state index in [0.717, 1.165) is 56.2 Å². The normalized spacial score (nSPS) is 18.9. The second-order valence-electron chi connectivity index (χ2n) is 9.46. The SMILES string of the molecule is CC1CCCCN1c1cc(N2CCCCCC2)nc(NC(=S)NCCCc2ccc(F)cc2)n1. The lowest BCUT2D eigenvalue weighted by molar-refractivity contribution is 0.481. The predicted molar refractivity (Wildman–Crippen MR) is 142 cm³/mol. The number of thiocarbonyl (C=S) groups is 1. The Morgan fingerprint density at radius 3 is 2.44 bits per heavy atom. The number of anilines is 3. The molecule has 4 rings (SSSR count). The molecule has 1 unspecified atom stereocenters. The van der Waals surface area contributed by atoms with Crippen molar-refractivity contribution in [1.82, 2.24) is 15.3 Å². The number of benzene rings is 1. The summed E-state index contributed by atoms with van der Waals surface area (Å²) >= 11 is 5.55. The summed E-state index contributed by atoms with van der Waals surface area (Å²) in [4.78, 5) is 14.5. The molecule has 0 saturated carbocycles. The highest BCUT2D eigenvalue weighted by Gasteiger charge is 2.22. The Bertz CT molecular complexity index is 929. The Kier molecular flexibility index (Phi) is 8.91. The largest absolute Gasteiger partial charge is 0.362 e. The molecule has 6 nitrogen and oxygen atoms in total. The van der Waals surface area contributed by atoms with Crippen LogP contribution >= 0.6 is 12.2 Å². The first-order valence-corrected chi connectivity index (χ1v) is 13.2. The Balaban J connectivity index is 1.40. The molecule has 0 radical (unpaired) electrons. The van der Waals surface area contributed by atoms with Crippen molar-refractivity contribution in [1.29, 1.82) is 0 Å². The second-order valence-corrected chi connectivity index (χ2v) is 9.87. The van der Waals surface area contributed by atoms with Crippen molar-refractivity contribution in [3.63, 3.8) is 0 Å². The Hall–Kier alpha value is -2.48. The van der Waals surface area contributed by atoms with Gasteiger partial charge in [0.25, 0.3) is 0 Å². The average molecular weight is 485 g/mol. The number of hydrogen-bond donors (Lipinski definition) is 2. The minimum Gasteiger partial charge on any atom is -0.362 e. The molecule has 0 aliphatic carbocycles. The van der Waals surface area contributed by atoms with Crippen LogP contribution in [0, 0.1) is 5.82 Å². The van der Waals surface area contributed by atoms with Crippen LogP contribution in [0.4, 0.5) is 22.0 Å². The van der Waals surface area contributed by atoms with Crippen molar-refractivity contribution < 1.29 is 4.39 Å². The summed E-state index contributed by atoms with van der Waals surface area (Å²) in [6.45, 7) is 6.12. The number of hydrogen-bond acceptors (Lipinski definition) is 5. The maximum atomic E-state index is 13.1. The number of rotatable bonds is 7. The molecule has 3 heterocycles. The summed E-state index contributed by atoms with van der Waals surface area (Å²) in [5.41, 5.74) is 1.12. The van der Waals surface area contributed by atoms with Crippen molar-refractivity contribution in [2.75, 3.05) is 41.3 Å². The number of nitrogens with zero attached hydrogens (tertiary/aromatic N) is 4. The van der Waals surface area contributed by atoms with Gasteiger partial charge in [-0.1, -0.05) is 25.0 Å². The summed E-state index contributed by atoms with van der Waals surface area (Å²) in [7, 11) is 0. The van der Waals surface area contributed by atoms with Gasteiger partial charge >= 0.3 is 0 Å². The fourth-order valence-corrected chi connectivity index (χ4v) is 5.01. The standard InChI is InChI=1S/C26H37FN6S/c1-20-9-4-7-18-33(20)24-19-23(32-16-5-2-3-6-17-32)29-25(30-24)31-26(34)28-15-8-10-21-11-13-22(27)14-12-21/h11-14,19-20H,2-10,15-18H2,1H3,(H2,28,29,30,31,34). The molecule has 1 atom stereocenters. The van der Waals surface area contributed by atoms with E-state index in [-0.39, 0.29) is 5.82 Å². The van der Waals surface area contributed by atoms with Gasteiger partial charge in [0.05, 0.1) is 0 Å².